The molecule has 0 saturated heterocycles. The Morgan fingerprint density at radius 3 is 2.62 bits per heavy atom. The van der Waals surface area contributed by atoms with Crippen LogP contribution in [0.25, 0.3) is 0 Å². The predicted octanol–water partition coefficient (Wildman–Crippen LogP) is 1.81. The van der Waals surface area contributed by atoms with Crippen LogP contribution in [-0.2, 0) is 0 Å². The Hall–Kier alpha value is -1.71. The van der Waals surface area contributed by atoms with E-state index in [-0.39, 0.29) is 0 Å². The summed E-state index contributed by atoms with van der Waals surface area (Å²) in [7, 11) is 2.98. The van der Waals surface area contributed by atoms with E-state index in [0.717, 1.165) is 4.90 Å². The zero-order valence-electron chi connectivity index (χ0n) is 7.52. The minimum absolute atomic E-state index is 0.539. The van der Waals surface area contributed by atoms with Gasteiger partial charge in [0.05, 0.1) is 12.8 Å². The first-order valence-electron chi connectivity index (χ1n) is 3.76. The van der Waals surface area contributed by atoms with Crippen LogP contribution in [-0.4, -0.2) is 25.4 Å². The van der Waals surface area contributed by atoms with E-state index >= 15 is 0 Å². The molecule has 0 aliphatic rings. The number of ether oxygens (including phenoxy) is 1. The van der Waals surface area contributed by atoms with Crippen LogP contribution in [0.4, 0.5) is 10.5 Å². The van der Waals surface area contributed by atoms with Crippen LogP contribution in [0.15, 0.2) is 24.3 Å². The molecule has 1 aromatic carbocycles. The van der Waals surface area contributed by atoms with Gasteiger partial charge in [0.2, 0.25) is 0 Å². The lowest BCUT2D eigenvalue weighted by atomic mass is 10.3. The second-order valence-corrected chi connectivity index (χ2v) is 2.51. The van der Waals surface area contributed by atoms with Gasteiger partial charge in [-0.3, -0.25) is 4.90 Å². The van der Waals surface area contributed by atoms with Crippen molar-refractivity contribution in [2.45, 2.75) is 0 Å². The Kier molecular flexibility index (Phi) is 2.74. The number of benzene rings is 1. The summed E-state index contributed by atoms with van der Waals surface area (Å²) in [5, 5.41) is 8.73. The van der Waals surface area contributed by atoms with Gasteiger partial charge in [0.15, 0.2) is 0 Å². The first-order chi connectivity index (χ1) is 6.16. The highest BCUT2D eigenvalue weighted by Crippen LogP contribution is 2.26. The van der Waals surface area contributed by atoms with Gasteiger partial charge >= 0.3 is 6.09 Å². The molecule has 4 nitrogen and oxygen atoms in total. The SMILES string of the molecule is COc1ccccc1N(C)C(=O)O. The lowest BCUT2D eigenvalue weighted by Crippen LogP contribution is -2.24. The molecule has 1 N–H and O–H groups in total. The average molecular weight is 181 g/mol. The topological polar surface area (TPSA) is 49.8 Å². The van der Waals surface area contributed by atoms with E-state index in [1.807, 2.05) is 0 Å². The highest BCUT2D eigenvalue weighted by Gasteiger charge is 2.12. The van der Waals surface area contributed by atoms with E-state index in [4.69, 9.17) is 9.84 Å². The molecule has 1 amide bonds. The number of anilines is 1. The monoisotopic (exact) mass is 181 g/mol. The first-order valence-corrected chi connectivity index (χ1v) is 3.76. The smallest absolute Gasteiger partial charge is 0.411 e. The third-order valence-electron chi connectivity index (χ3n) is 1.73. The zero-order chi connectivity index (χ0) is 9.84. The number of carboxylic acid groups (broad SMARTS) is 1. The molecule has 0 aliphatic carbocycles. The van der Waals surface area contributed by atoms with Gasteiger partial charge in [-0.25, -0.2) is 4.79 Å². The van der Waals surface area contributed by atoms with Crippen LogP contribution in [0.2, 0.25) is 0 Å². The normalized spacial score (nSPS) is 9.38. The summed E-state index contributed by atoms with van der Waals surface area (Å²) in [6.45, 7) is 0. The van der Waals surface area contributed by atoms with Crippen LogP contribution in [0.5, 0.6) is 5.75 Å². The summed E-state index contributed by atoms with van der Waals surface area (Å²) < 4.78 is 5.01. The number of hydrogen-bond acceptors (Lipinski definition) is 2. The maximum atomic E-state index is 10.6. The van der Waals surface area contributed by atoms with E-state index < -0.39 is 6.09 Å². The molecule has 0 unspecified atom stereocenters. The quantitative estimate of drug-likeness (QED) is 0.756. The van der Waals surface area contributed by atoms with Gasteiger partial charge in [0, 0.05) is 7.05 Å². The molecule has 0 saturated carbocycles. The van der Waals surface area contributed by atoms with Crippen LogP contribution in [0, 0.1) is 0 Å². The summed E-state index contributed by atoms with van der Waals surface area (Å²) in [5.41, 5.74) is 0.539. The molecule has 0 atom stereocenters. The van der Waals surface area contributed by atoms with Crippen LogP contribution < -0.4 is 9.64 Å². The van der Waals surface area contributed by atoms with Crippen molar-refractivity contribution in [3.8, 4) is 5.75 Å². The second-order valence-electron chi connectivity index (χ2n) is 2.51. The minimum atomic E-state index is -1.01. The van der Waals surface area contributed by atoms with Gasteiger partial charge in [-0.1, -0.05) is 12.1 Å². The third-order valence-corrected chi connectivity index (χ3v) is 1.73. The van der Waals surface area contributed by atoms with E-state index in [2.05, 4.69) is 0 Å². The van der Waals surface area contributed by atoms with Crippen molar-refractivity contribution >= 4 is 11.8 Å². The third kappa shape index (κ3) is 1.90. The molecule has 0 spiro atoms. The van der Waals surface area contributed by atoms with Crippen molar-refractivity contribution < 1.29 is 14.6 Å². The molecular weight excluding hydrogens is 170 g/mol. The van der Waals surface area contributed by atoms with Gasteiger partial charge in [-0.15, -0.1) is 0 Å². The van der Waals surface area contributed by atoms with E-state index in [1.165, 1.54) is 14.2 Å². The standard InChI is InChI=1S/C9H11NO3/c1-10(9(11)12)7-5-3-4-6-8(7)13-2/h3-6H,1-2H3,(H,11,12). The summed E-state index contributed by atoms with van der Waals surface area (Å²) in [5.74, 6) is 0.549. The maximum Gasteiger partial charge on any atom is 0.411 e. The predicted molar refractivity (Wildman–Crippen MR) is 49.4 cm³/mol. The molecule has 4 heteroatoms. The van der Waals surface area contributed by atoms with Gasteiger partial charge in [-0.05, 0) is 12.1 Å². The average Bonchev–Trinajstić information content (AvgIpc) is 2.16. The Balaban J connectivity index is 3.05. The Morgan fingerprint density at radius 1 is 1.46 bits per heavy atom. The summed E-state index contributed by atoms with van der Waals surface area (Å²) in [6.07, 6.45) is -1.01. The van der Waals surface area contributed by atoms with Crippen molar-refractivity contribution in [2.24, 2.45) is 0 Å². The Labute approximate surface area is 76.4 Å². The van der Waals surface area contributed by atoms with E-state index in [0.29, 0.717) is 11.4 Å². The fourth-order valence-electron chi connectivity index (χ4n) is 1.01. The highest BCUT2D eigenvalue weighted by atomic mass is 16.5. The van der Waals surface area contributed by atoms with Crippen molar-refractivity contribution in [2.75, 3.05) is 19.1 Å². The highest BCUT2D eigenvalue weighted by molar-refractivity contribution is 5.87. The maximum absolute atomic E-state index is 10.6. The zero-order valence-corrected chi connectivity index (χ0v) is 7.52. The summed E-state index contributed by atoms with van der Waals surface area (Å²) in [6, 6.07) is 6.96. The number of rotatable bonds is 2. The lowest BCUT2D eigenvalue weighted by Gasteiger charge is -2.15. The van der Waals surface area contributed by atoms with Crippen molar-refractivity contribution in [3.63, 3.8) is 0 Å². The number of hydrogen-bond donors (Lipinski definition) is 1. The van der Waals surface area contributed by atoms with Gasteiger partial charge < -0.3 is 9.84 Å². The molecule has 0 heterocycles. The van der Waals surface area contributed by atoms with Crippen LogP contribution in [0.3, 0.4) is 0 Å². The Bertz CT molecular complexity index is 311. The molecule has 0 fully saturated rings. The van der Waals surface area contributed by atoms with E-state index in [9.17, 15) is 4.79 Å². The second kappa shape index (κ2) is 3.80. The number of carbonyl (C=O) groups is 1. The molecule has 1 aromatic rings. The van der Waals surface area contributed by atoms with Crippen molar-refractivity contribution in [1.82, 2.24) is 0 Å². The fraction of sp³-hybridized carbons (Fsp3) is 0.222. The summed E-state index contributed by atoms with van der Waals surface area (Å²) in [4.78, 5) is 11.7. The molecule has 0 bridgehead atoms. The van der Waals surface area contributed by atoms with Crippen molar-refractivity contribution in [1.29, 1.82) is 0 Å². The number of para-hydroxylation sites is 2. The minimum Gasteiger partial charge on any atom is -0.495 e. The van der Waals surface area contributed by atoms with Gasteiger partial charge in [-0.2, -0.15) is 0 Å². The first kappa shape index (κ1) is 9.38. The van der Waals surface area contributed by atoms with Gasteiger partial charge in [0.25, 0.3) is 0 Å². The molecular formula is C9H11NO3. The number of amides is 1. The fourth-order valence-corrected chi connectivity index (χ4v) is 1.01. The molecule has 13 heavy (non-hydrogen) atoms. The largest absolute Gasteiger partial charge is 0.495 e. The van der Waals surface area contributed by atoms with Crippen LogP contribution in [0.1, 0.15) is 0 Å². The molecule has 70 valence electrons. The molecule has 1 rings (SSSR count). The Morgan fingerprint density at radius 2 is 2.08 bits per heavy atom. The number of nitrogens with zero attached hydrogens (tertiary/aromatic N) is 1. The molecule has 0 radical (unpaired) electrons. The van der Waals surface area contributed by atoms with Crippen molar-refractivity contribution in [3.05, 3.63) is 24.3 Å². The van der Waals surface area contributed by atoms with Gasteiger partial charge in [0.1, 0.15) is 5.75 Å². The summed E-state index contributed by atoms with van der Waals surface area (Å²) >= 11 is 0. The van der Waals surface area contributed by atoms with Crippen LogP contribution >= 0.6 is 0 Å². The number of methoxy groups -OCH3 is 1. The molecule has 0 aliphatic heterocycles. The lowest BCUT2D eigenvalue weighted by molar-refractivity contribution is 0.203. The van der Waals surface area contributed by atoms with E-state index in [1.54, 1.807) is 24.3 Å². The molecule has 0 aromatic heterocycles.